The third kappa shape index (κ3) is 3.64. The molecular formula is C18H13F3N2OS. The normalized spacial score (nSPS) is 17.4. The number of hydrogen-bond donors (Lipinski definition) is 0. The third-order valence-electron chi connectivity index (χ3n) is 3.91. The number of alkyl halides is 3. The van der Waals surface area contributed by atoms with Crippen LogP contribution < -0.4 is 0 Å². The Bertz CT molecular complexity index is 827. The largest absolute Gasteiger partial charge is 0.416 e. The van der Waals surface area contributed by atoms with Gasteiger partial charge in [-0.25, -0.2) is 0 Å². The number of nitrogens with zero attached hydrogens (tertiary/aromatic N) is 2. The predicted molar refractivity (Wildman–Crippen MR) is 88.8 cm³/mol. The molecule has 1 aliphatic rings. The fourth-order valence-electron chi connectivity index (χ4n) is 2.68. The Morgan fingerprint density at radius 3 is 2.56 bits per heavy atom. The number of benzene rings is 2. The zero-order valence-electron chi connectivity index (χ0n) is 13.0. The Labute approximate surface area is 147 Å². The van der Waals surface area contributed by atoms with Gasteiger partial charge in [-0.3, -0.25) is 4.79 Å². The molecule has 128 valence electrons. The van der Waals surface area contributed by atoms with Gasteiger partial charge < -0.3 is 4.90 Å². The Hall–Kier alpha value is -2.46. The molecule has 1 saturated heterocycles. The lowest BCUT2D eigenvalue weighted by molar-refractivity contribution is -0.137. The average Bonchev–Trinajstić information content (AvgIpc) is 3.10. The lowest BCUT2D eigenvalue weighted by Crippen LogP contribution is -2.30. The summed E-state index contributed by atoms with van der Waals surface area (Å²) in [7, 11) is 0. The highest BCUT2D eigenvalue weighted by atomic mass is 32.2. The summed E-state index contributed by atoms with van der Waals surface area (Å²) < 4.78 is 38.1. The Morgan fingerprint density at radius 2 is 1.92 bits per heavy atom. The van der Waals surface area contributed by atoms with E-state index in [-0.39, 0.29) is 11.3 Å². The van der Waals surface area contributed by atoms with Crippen molar-refractivity contribution in [2.24, 2.45) is 0 Å². The maximum atomic E-state index is 12.7. The summed E-state index contributed by atoms with van der Waals surface area (Å²) in [5.74, 6) is 0.474. The highest BCUT2D eigenvalue weighted by molar-refractivity contribution is 7.99. The summed E-state index contributed by atoms with van der Waals surface area (Å²) in [5, 5.41) is 8.63. The van der Waals surface area contributed by atoms with Crippen LogP contribution in [-0.2, 0) is 6.18 Å². The fraction of sp³-hybridized carbons (Fsp3) is 0.222. The minimum Gasteiger partial charge on any atom is -0.322 e. The monoisotopic (exact) mass is 362 g/mol. The molecule has 0 unspecified atom stereocenters. The summed E-state index contributed by atoms with van der Waals surface area (Å²) in [6, 6.07) is 13.3. The van der Waals surface area contributed by atoms with E-state index in [1.54, 1.807) is 23.1 Å². The van der Waals surface area contributed by atoms with Crippen molar-refractivity contribution in [2.45, 2.75) is 11.6 Å². The molecule has 0 aromatic heterocycles. The van der Waals surface area contributed by atoms with Gasteiger partial charge in [-0.2, -0.15) is 18.4 Å². The van der Waals surface area contributed by atoms with Gasteiger partial charge >= 0.3 is 6.18 Å². The van der Waals surface area contributed by atoms with E-state index in [4.69, 9.17) is 5.26 Å². The molecule has 2 aromatic rings. The second-order valence-corrected chi connectivity index (χ2v) is 6.72. The molecule has 0 bridgehead atoms. The Kier molecular flexibility index (Phi) is 4.73. The maximum absolute atomic E-state index is 12.7. The third-order valence-corrected chi connectivity index (χ3v) is 5.17. The maximum Gasteiger partial charge on any atom is 0.416 e. The van der Waals surface area contributed by atoms with E-state index < -0.39 is 11.7 Å². The zero-order chi connectivity index (χ0) is 18.0. The molecule has 0 radical (unpaired) electrons. The fourth-order valence-corrected chi connectivity index (χ4v) is 3.93. The number of rotatable bonds is 2. The first kappa shape index (κ1) is 17.4. The molecule has 25 heavy (non-hydrogen) atoms. The number of thioether (sulfide) groups is 1. The smallest absolute Gasteiger partial charge is 0.322 e. The molecule has 1 atom stereocenters. The van der Waals surface area contributed by atoms with Crippen molar-refractivity contribution < 1.29 is 18.0 Å². The number of carbonyl (C=O) groups excluding carboxylic acids is 1. The first-order valence-corrected chi connectivity index (χ1v) is 8.55. The molecule has 3 nitrogen and oxygen atoms in total. The molecular weight excluding hydrogens is 349 g/mol. The molecule has 2 aromatic carbocycles. The van der Waals surface area contributed by atoms with Gasteiger partial charge in [-0.1, -0.05) is 18.2 Å². The number of nitriles is 1. The Morgan fingerprint density at radius 1 is 1.20 bits per heavy atom. The van der Waals surface area contributed by atoms with Crippen LogP contribution in [0.3, 0.4) is 0 Å². The highest BCUT2D eigenvalue weighted by Gasteiger charge is 2.33. The van der Waals surface area contributed by atoms with Crippen molar-refractivity contribution in [2.75, 3.05) is 12.3 Å². The highest BCUT2D eigenvalue weighted by Crippen LogP contribution is 2.40. The summed E-state index contributed by atoms with van der Waals surface area (Å²) in [6.07, 6.45) is -4.38. The van der Waals surface area contributed by atoms with E-state index >= 15 is 0 Å². The summed E-state index contributed by atoms with van der Waals surface area (Å²) >= 11 is 1.51. The second-order valence-electron chi connectivity index (χ2n) is 5.53. The van der Waals surface area contributed by atoms with Gasteiger partial charge in [-0.05, 0) is 35.9 Å². The van der Waals surface area contributed by atoms with Gasteiger partial charge in [0.25, 0.3) is 5.91 Å². The van der Waals surface area contributed by atoms with E-state index in [1.165, 1.54) is 30.0 Å². The van der Waals surface area contributed by atoms with E-state index in [0.29, 0.717) is 29.0 Å². The van der Waals surface area contributed by atoms with Gasteiger partial charge in [0.1, 0.15) is 5.37 Å². The molecule has 7 heteroatoms. The van der Waals surface area contributed by atoms with Gasteiger partial charge in [-0.15, -0.1) is 11.8 Å². The molecule has 1 fully saturated rings. The molecule has 0 spiro atoms. The van der Waals surface area contributed by atoms with Crippen LogP contribution >= 0.6 is 11.8 Å². The van der Waals surface area contributed by atoms with E-state index in [9.17, 15) is 18.0 Å². The van der Waals surface area contributed by atoms with Crippen molar-refractivity contribution >= 4 is 17.7 Å². The van der Waals surface area contributed by atoms with Crippen LogP contribution in [0.5, 0.6) is 0 Å². The standard InChI is InChI=1S/C18H13F3N2OS/c19-18(20,21)15-6-4-13(5-7-15)17-23(8-9-25-17)16(24)14-3-1-2-12(10-14)11-22/h1-7,10,17H,8-9H2/t17-/m1/s1. The quantitative estimate of drug-likeness (QED) is 0.792. The van der Waals surface area contributed by atoms with Crippen LogP contribution in [-0.4, -0.2) is 23.1 Å². The van der Waals surface area contributed by atoms with Crippen molar-refractivity contribution in [1.29, 1.82) is 5.26 Å². The minimum absolute atomic E-state index is 0.230. The lowest BCUT2D eigenvalue weighted by atomic mass is 10.1. The van der Waals surface area contributed by atoms with Crippen molar-refractivity contribution in [1.82, 2.24) is 4.90 Å². The first-order chi connectivity index (χ1) is 11.9. The zero-order valence-corrected chi connectivity index (χ0v) is 13.8. The molecule has 0 aliphatic carbocycles. The number of amides is 1. The second kappa shape index (κ2) is 6.81. The first-order valence-electron chi connectivity index (χ1n) is 7.50. The van der Waals surface area contributed by atoms with E-state index in [1.807, 2.05) is 6.07 Å². The van der Waals surface area contributed by atoms with Crippen molar-refractivity contribution in [3.05, 3.63) is 70.8 Å². The van der Waals surface area contributed by atoms with Crippen LogP contribution in [0.4, 0.5) is 13.2 Å². The molecule has 0 N–H and O–H groups in total. The summed E-state index contributed by atoms with van der Waals surface area (Å²) in [6.45, 7) is 0.506. The molecule has 1 amide bonds. The average molecular weight is 362 g/mol. The molecule has 0 saturated carbocycles. The van der Waals surface area contributed by atoms with E-state index in [2.05, 4.69) is 0 Å². The van der Waals surface area contributed by atoms with Crippen LogP contribution in [0.1, 0.15) is 32.4 Å². The van der Waals surface area contributed by atoms with Crippen LogP contribution in [0, 0.1) is 11.3 Å². The topological polar surface area (TPSA) is 44.1 Å². The van der Waals surface area contributed by atoms with Crippen LogP contribution in [0.2, 0.25) is 0 Å². The minimum atomic E-state index is -4.38. The van der Waals surface area contributed by atoms with Gasteiger partial charge in [0, 0.05) is 17.9 Å². The van der Waals surface area contributed by atoms with Crippen LogP contribution in [0.25, 0.3) is 0 Å². The Balaban J connectivity index is 1.85. The summed E-state index contributed by atoms with van der Waals surface area (Å²) in [5.41, 5.74) is 0.737. The molecule has 3 rings (SSSR count). The van der Waals surface area contributed by atoms with E-state index in [0.717, 1.165) is 12.1 Å². The predicted octanol–water partition coefficient (Wildman–Crippen LogP) is 4.46. The lowest BCUT2D eigenvalue weighted by Gasteiger charge is -2.24. The van der Waals surface area contributed by atoms with Crippen molar-refractivity contribution in [3.8, 4) is 6.07 Å². The summed E-state index contributed by atoms with van der Waals surface area (Å²) in [4.78, 5) is 14.4. The molecule has 1 heterocycles. The SMILES string of the molecule is N#Cc1cccc(C(=O)N2CCS[C@@H]2c2ccc(C(F)(F)F)cc2)c1. The molecule has 1 aliphatic heterocycles. The number of carbonyl (C=O) groups is 1. The van der Waals surface area contributed by atoms with Gasteiger partial charge in [0.05, 0.1) is 17.2 Å². The number of halogens is 3. The van der Waals surface area contributed by atoms with Crippen LogP contribution in [0.15, 0.2) is 48.5 Å². The van der Waals surface area contributed by atoms with Gasteiger partial charge in [0.2, 0.25) is 0 Å². The number of hydrogen-bond acceptors (Lipinski definition) is 3. The van der Waals surface area contributed by atoms with Gasteiger partial charge in [0.15, 0.2) is 0 Å². The van der Waals surface area contributed by atoms with Crippen molar-refractivity contribution in [3.63, 3.8) is 0 Å².